The number of amidine groups is 1. The standard InChI is InChI=1S/C14H15N3O3S/c1-8-12(9(2)18)13(16-14(15-8)21-3)10-4-6-11(7-5-10)17(19)20/h4-7,13H,1-3H3,(H,15,16)/t13-/m0/s1. The van der Waals surface area contributed by atoms with Crippen molar-refractivity contribution in [2.75, 3.05) is 6.26 Å². The lowest BCUT2D eigenvalue weighted by Gasteiger charge is -2.25. The second kappa shape index (κ2) is 6.09. The Hall–Kier alpha value is -2.15. The van der Waals surface area contributed by atoms with Crippen LogP contribution < -0.4 is 5.32 Å². The van der Waals surface area contributed by atoms with Crippen LogP contribution in [0.3, 0.4) is 0 Å². The van der Waals surface area contributed by atoms with Gasteiger partial charge in [-0.05, 0) is 37.8 Å². The number of non-ortho nitro benzene ring substituents is 1. The van der Waals surface area contributed by atoms with Gasteiger partial charge in [0.05, 0.1) is 4.92 Å². The van der Waals surface area contributed by atoms with Crippen molar-refractivity contribution in [1.82, 2.24) is 5.32 Å². The number of rotatable bonds is 3. The van der Waals surface area contributed by atoms with Gasteiger partial charge in [-0.25, -0.2) is 4.99 Å². The number of nitro benzene ring substituents is 1. The number of allylic oxidation sites excluding steroid dienone is 1. The molecule has 0 radical (unpaired) electrons. The molecule has 1 aliphatic heterocycles. The minimum Gasteiger partial charge on any atom is -0.338 e. The topological polar surface area (TPSA) is 84.6 Å². The molecule has 0 aromatic heterocycles. The fraction of sp³-hybridized carbons (Fsp3) is 0.286. The Morgan fingerprint density at radius 2 is 2.00 bits per heavy atom. The molecule has 1 aromatic carbocycles. The molecule has 0 amide bonds. The molecule has 6 nitrogen and oxygen atoms in total. The number of carbonyl (C=O) groups excluding carboxylic acids is 1. The summed E-state index contributed by atoms with van der Waals surface area (Å²) in [6.45, 7) is 3.33. The van der Waals surface area contributed by atoms with Crippen molar-refractivity contribution in [2.45, 2.75) is 19.9 Å². The highest BCUT2D eigenvalue weighted by molar-refractivity contribution is 8.13. The van der Waals surface area contributed by atoms with Crippen LogP contribution in [0.25, 0.3) is 0 Å². The molecule has 1 aromatic rings. The molecule has 0 saturated heterocycles. The first kappa shape index (κ1) is 15.2. The third kappa shape index (κ3) is 3.13. The largest absolute Gasteiger partial charge is 0.338 e. The van der Waals surface area contributed by atoms with E-state index < -0.39 is 11.0 Å². The number of nitrogens with zero attached hydrogens (tertiary/aromatic N) is 2. The summed E-state index contributed by atoms with van der Waals surface area (Å²) in [7, 11) is 0. The highest BCUT2D eigenvalue weighted by Gasteiger charge is 2.27. The Kier molecular flexibility index (Phi) is 4.42. The van der Waals surface area contributed by atoms with Crippen molar-refractivity contribution in [3.05, 3.63) is 51.2 Å². The number of Topliss-reactive ketones (excluding diaryl/α,β-unsaturated/α-hetero) is 1. The molecule has 0 aliphatic carbocycles. The Bertz CT molecular complexity index is 650. The monoisotopic (exact) mass is 305 g/mol. The number of carbonyl (C=O) groups is 1. The van der Waals surface area contributed by atoms with Gasteiger partial charge >= 0.3 is 0 Å². The van der Waals surface area contributed by atoms with Crippen LogP contribution in [0.4, 0.5) is 5.69 Å². The van der Waals surface area contributed by atoms with Crippen LogP contribution in [0.2, 0.25) is 0 Å². The summed E-state index contributed by atoms with van der Waals surface area (Å²) in [5.41, 5.74) is 2.14. The van der Waals surface area contributed by atoms with Gasteiger partial charge in [0.15, 0.2) is 11.0 Å². The second-order valence-electron chi connectivity index (χ2n) is 4.61. The molecular formula is C14H15N3O3S. The summed E-state index contributed by atoms with van der Waals surface area (Å²) in [5, 5.41) is 14.5. The van der Waals surface area contributed by atoms with Crippen LogP contribution in [0.15, 0.2) is 40.5 Å². The van der Waals surface area contributed by atoms with Gasteiger partial charge in [0.2, 0.25) is 0 Å². The Labute approximate surface area is 126 Å². The van der Waals surface area contributed by atoms with E-state index in [0.29, 0.717) is 5.57 Å². The number of hydrogen-bond donors (Lipinski definition) is 1. The molecular weight excluding hydrogens is 290 g/mol. The zero-order valence-corrected chi connectivity index (χ0v) is 12.7. The highest BCUT2D eigenvalue weighted by Crippen LogP contribution is 2.32. The maximum absolute atomic E-state index is 11.9. The fourth-order valence-corrected chi connectivity index (χ4v) is 2.69. The summed E-state index contributed by atoms with van der Waals surface area (Å²) in [6.07, 6.45) is 1.89. The van der Waals surface area contributed by atoms with E-state index in [1.807, 2.05) is 13.2 Å². The lowest BCUT2D eigenvalue weighted by molar-refractivity contribution is -0.384. The average molecular weight is 305 g/mol. The Morgan fingerprint density at radius 1 is 1.38 bits per heavy atom. The Balaban J connectivity index is 2.46. The van der Waals surface area contributed by atoms with Crippen molar-refractivity contribution < 1.29 is 9.72 Å². The van der Waals surface area contributed by atoms with E-state index in [-0.39, 0.29) is 11.5 Å². The Morgan fingerprint density at radius 3 is 2.48 bits per heavy atom. The summed E-state index contributed by atoms with van der Waals surface area (Å²) < 4.78 is 0. The molecule has 0 unspecified atom stereocenters. The molecule has 0 bridgehead atoms. The van der Waals surface area contributed by atoms with Gasteiger partial charge in [-0.2, -0.15) is 0 Å². The van der Waals surface area contributed by atoms with Crippen LogP contribution in [-0.4, -0.2) is 22.1 Å². The number of ketones is 1. The van der Waals surface area contributed by atoms with E-state index in [1.165, 1.54) is 30.8 Å². The van der Waals surface area contributed by atoms with Crippen molar-refractivity contribution >= 4 is 28.4 Å². The predicted molar refractivity (Wildman–Crippen MR) is 83.3 cm³/mol. The SMILES string of the molecule is CSC1=N[C@@H](c2ccc([N+](=O)[O-])cc2)C(C(C)=O)=C(C)N1. The van der Waals surface area contributed by atoms with Crippen molar-refractivity contribution in [1.29, 1.82) is 0 Å². The molecule has 21 heavy (non-hydrogen) atoms. The molecule has 0 saturated carbocycles. The predicted octanol–water partition coefficient (Wildman–Crippen LogP) is 2.82. The molecule has 1 atom stereocenters. The molecule has 1 heterocycles. The van der Waals surface area contributed by atoms with Gasteiger partial charge in [-0.15, -0.1) is 0 Å². The first-order valence-corrected chi connectivity index (χ1v) is 7.51. The third-order valence-corrected chi connectivity index (χ3v) is 3.80. The van der Waals surface area contributed by atoms with E-state index >= 15 is 0 Å². The van der Waals surface area contributed by atoms with Crippen LogP contribution in [0.1, 0.15) is 25.5 Å². The summed E-state index contributed by atoms with van der Waals surface area (Å²) >= 11 is 1.45. The minimum absolute atomic E-state index is 0.0202. The van der Waals surface area contributed by atoms with Crippen molar-refractivity contribution in [3.8, 4) is 0 Å². The number of nitrogens with one attached hydrogen (secondary N) is 1. The molecule has 0 fully saturated rings. The van der Waals surface area contributed by atoms with Crippen LogP contribution >= 0.6 is 11.8 Å². The zero-order valence-electron chi connectivity index (χ0n) is 11.9. The smallest absolute Gasteiger partial charge is 0.269 e. The summed E-state index contributed by atoms with van der Waals surface area (Å²) in [4.78, 5) is 26.7. The number of hydrogen-bond acceptors (Lipinski definition) is 6. The van der Waals surface area contributed by atoms with Crippen molar-refractivity contribution in [2.24, 2.45) is 4.99 Å². The van der Waals surface area contributed by atoms with Gasteiger partial charge in [0.25, 0.3) is 5.69 Å². The number of thioether (sulfide) groups is 1. The zero-order chi connectivity index (χ0) is 15.6. The lowest BCUT2D eigenvalue weighted by Crippen LogP contribution is -2.28. The summed E-state index contributed by atoms with van der Waals surface area (Å²) in [5.74, 6) is -0.0627. The average Bonchev–Trinajstić information content (AvgIpc) is 2.45. The maximum Gasteiger partial charge on any atom is 0.269 e. The van der Waals surface area contributed by atoms with Gasteiger partial charge in [0, 0.05) is 23.4 Å². The van der Waals surface area contributed by atoms with Gasteiger partial charge in [-0.1, -0.05) is 11.8 Å². The van der Waals surface area contributed by atoms with Crippen LogP contribution in [0, 0.1) is 10.1 Å². The second-order valence-corrected chi connectivity index (χ2v) is 5.40. The normalized spacial score (nSPS) is 18.0. The quantitative estimate of drug-likeness (QED) is 0.685. The van der Waals surface area contributed by atoms with Crippen molar-refractivity contribution in [3.63, 3.8) is 0 Å². The number of aliphatic imine (C=N–C) groups is 1. The molecule has 0 spiro atoms. The van der Waals surface area contributed by atoms with E-state index in [9.17, 15) is 14.9 Å². The molecule has 7 heteroatoms. The first-order chi connectivity index (χ1) is 9.93. The fourth-order valence-electron chi connectivity index (χ4n) is 2.23. The van der Waals surface area contributed by atoms with E-state index in [0.717, 1.165) is 16.4 Å². The highest BCUT2D eigenvalue weighted by atomic mass is 32.2. The van der Waals surface area contributed by atoms with Crippen LogP contribution in [0.5, 0.6) is 0 Å². The van der Waals surface area contributed by atoms with E-state index in [4.69, 9.17) is 0 Å². The maximum atomic E-state index is 11.9. The van der Waals surface area contributed by atoms with Crippen LogP contribution in [-0.2, 0) is 4.79 Å². The number of benzene rings is 1. The van der Waals surface area contributed by atoms with Gasteiger partial charge in [-0.3, -0.25) is 14.9 Å². The van der Waals surface area contributed by atoms with Gasteiger partial charge in [0.1, 0.15) is 6.04 Å². The summed E-state index contributed by atoms with van der Waals surface area (Å²) in [6, 6.07) is 5.72. The first-order valence-electron chi connectivity index (χ1n) is 6.29. The molecule has 2 rings (SSSR count). The van der Waals surface area contributed by atoms with E-state index in [2.05, 4.69) is 10.3 Å². The molecule has 1 aliphatic rings. The molecule has 110 valence electrons. The lowest BCUT2D eigenvalue weighted by atomic mass is 9.94. The van der Waals surface area contributed by atoms with E-state index in [1.54, 1.807) is 12.1 Å². The van der Waals surface area contributed by atoms with Gasteiger partial charge < -0.3 is 5.32 Å². The third-order valence-electron chi connectivity index (χ3n) is 3.21. The number of nitro groups is 1. The molecule has 1 N–H and O–H groups in total. The minimum atomic E-state index is -0.449.